The van der Waals surface area contributed by atoms with Gasteiger partial charge in [0.2, 0.25) is 6.41 Å². The molecular formula is C29H27N5O2S. The van der Waals surface area contributed by atoms with Crippen LogP contribution >= 0.6 is 11.8 Å². The lowest BCUT2D eigenvalue weighted by Gasteiger charge is -2.12. The molecule has 0 bridgehead atoms. The molecule has 37 heavy (non-hydrogen) atoms. The number of amides is 2. The van der Waals surface area contributed by atoms with E-state index in [9.17, 15) is 9.59 Å². The molecule has 0 saturated heterocycles. The number of hydrogen-bond donors (Lipinski definition) is 3. The molecule has 2 aromatic carbocycles. The highest BCUT2D eigenvalue weighted by molar-refractivity contribution is 7.99. The van der Waals surface area contributed by atoms with Gasteiger partial charge >= 0.3 is 0 Å². The molecule has 0 atom stereocenters. The molecule has 2 amide bonds. The molecule has 2 heterocycles. The van der Waals surface area contributed by atoms with Gasteiger partial charge in [-0.3, -0.25) is 19.6 Å². The fourth-order valence-corrected chi connectivity index (χ4v) is 4.17. The zero-order valence-corrected chi connectivity index (χ0v) is 21.3. The number of pyridine rings is 2. The van der Waals surface area contributed by atoms with E-state index in [0.29, 0.717) is 23.2 Å². The lowest BCUT2D eigenvalue weighted by molar-refractivity contribution is -0.105. The van der Waals surface area contributed by atoms with Crippen LogP contribution in [0.3, 0.4) is 0 Å². The summed E-state index contributed by atoms with van der Waals surface area (Å²) in [4.78, 5) is 32.9. The van der Waals surface area contributed by atoms with E-state index in [2.05, 4.69) is 20.6 Å². The first kappa shape index (κ1) is 27.0. The van der Waals surface area contributed by atoms with Gasteiger partial charge in [-0.15, -0.1) is 0 Å². The van der Waals surface area contributed by atoms with Gasteiger partial charge in [-0.2, -0.15) is 0 Å². The highest BCUT2D eigenvalue weighted by atomic mass is 32.2. The number of aryl methyl sites for hydroxylation is 1. The van der Waals surface area contributed by atoms with Crippen molar-refractivity contribution in [3.8, 4) is 0 Å². The fourth-order valence-electron chi connectivity index (χ4n) is 3.19. The Morgan fingerprint density at radius 1 is 0.973 bits per heavy atom. The summed E-state index contributed by atoms with van der Waals surface area (Å²) in [6.07, 6.45) is 9.26. The van der Waals surface area contributed by atoms with Gasteiger partial charge in [-0.1, -0.05) is 36.0 Å². The van der Waals surface area contributed by atoms with Gasteiger partial charge in [0, 0.05) is 41.0 Å². The molecule has 0 fully saturated rings. The molecule has 8 heteroatoms. The van der Waals surface area contributed by atoms with Crippen LogP contribution in [0.2, 0.25) is 0 Å². The van der Waals surface area contributed by atoms with Gasteiger partial charge in [-0.05, 0) is 73.2 Å². The van der Waals surface area contributed by atoms with Gasteiger partial charge in [0.25, 0.3) is 5.91 Å². The maximum absolute atomic E-state index is 12.1. The molecular weight excluding hydrogens is 482 g/mol. The summed E-state index contributed by atoms with van der Waals surface area (Å²) in [5.74, 6) is -0.164. The van der Waals surface area contributed by atoms with Crippen LogP contribution in [0.25, 0.3) is 6.08 Å². The van der Waals surface area contributed by atoms with E-state index in [1.807, 2.05) is 67.7 Å². The quantitative estimate of drug-likeness (QED) is 0.211. The number of carbonyl (C=O) groups excluding carboxylic acids is 2. The van der Waals surface area contributed by atoms with Crippen LogP contribution < -0.4 is 10.6 Å². The van der Waals surface area contributed by atoms with E-state index in [4.69, 9.17) is 5.41 Å². The van der Waals surface area contributed by atoms with Crippen molar-refractivity contribution in [2.24, 2.45) is 0 Å². The summed E-state index contributed by atoms with van der Waals surface area (Å²) >= 11 is 1.41. The van der Waals surface area contributed by atoms with E-state index in [0.717, 1.165) is 15.5 Å². The van der Waals surface area contributed by atoms with Crippen LogP contribution in [-0.4, -0.2) is 35.0 Å². The van der Waals surface area contributed by atoms with Crippen molar-refractivity contribution in [3.05, 3.63) is 120 Å². The van der Waals surface area contributed by atoms with Crippen molar-refractivity contribution < 1.29 is 9.59 Å². The Balaban J connectivity index is 0.000000468. The predicted molar refractivity (Wildman–Crippen MR) is 149 cm³/mol. The van der Waals surface area contributed by atoms with Gasteiger partial charge < -0.3 is 16.0 Å². The van der Waals surface area contributed by atoms with E-state index in [1.54, 1.807) is 49.8 Å². The highest BCUT2D eigenvalue weighted by Crippen LogP contribution is 2.33. The number of carbonyl (C=O) groups is 2. The fraction of sp³-hybridized carbons (Fsp3) is 0.0690. The molecule has 0 unspecified atom stereocenters. The maximum atomic E-state index is 12.1. The first-order chi connectivity index (χ1) is 18.0. The summed E-state index contributed by atoms with van der Waals surface area (Å²) in [7, 11) is 1.59. The van der Waals surface area contributed by atoms with Crippen LogP contribution in [0.15, 0.2) is 107 Å². The monoisotopic (exact) mass is 509 g/mol. The lowest BCUT2D eigenvalue weighted by atomic mass is 10.1. The molecule has 7 nitrogen and oxygen atoms in total. The zero-order chi connectivity index (χ0) is 26.5. The third-order valence-corrected chi connectivity index (χ3v) is 6.07. The lowest BCUT2D eigenvalue weighted by Crippen LogP contribution is -2.18. The van der Waals surface area contributed by atoms with Crippen molar-refractivity contribution in [2.75, 3.05) is 12.4 Å². The number of hydrogen-bond acceptors (Lipinski definition) is 6. The van der Waals surface area contributed by atoms with Crippen molar-refractivity contribution in [3.63, 3.8) is 0 Å². The second-order valence-corrected chi connectivity index (χ2v) is 8.79. The standard InChI is InChI=1S/C23H20N4O2S.C6H7N/c1-25-23(29)19-7-2-3-8-22(19)30-17-10-11-18(21(14-17)27-15-28)20(24)12-9-16-6-4-5-13-26-16;1-6-3-2-4-7-5-6/h2-15,24H,1H3,(H,25,29)(H,27,28);2-5H,1H3/b12-9+,24-20?;. The Bertz CT molecular complexity index is 1380. The molecule has 2 aromatic heterocycles. The first-order valence-corrected chi connectivity index (χ1v) is 12.2. The molecule has 0 aliphatic heterocycles. The Labute approximate surface area is 220 Å². The van der Waals surface area contributed by atoms with Crippen LogP contribution in [0, 0.1) is 12.3 Å². The molecule has 0 radical (unpaired) electrons. The molecule has 4 rings (SSSR count). The molecule has 0 aliphatic rings. The van der Waals surface area contributed by atoms with Gasteiger partial charge in [0.05, 0.1) is 22.7 Å². The number of allylic oxidation sites excluding steroid dienone is 1. The van der Waals surface area contributed by atoms with E-state index in [-0.39, 0.29) is 11.6 Å². The number of nitrogens with one attached hydrogen (secondary N) is 3. The van der Waals surface area contributed by atoms with Gasteiger partial charge in [0.15, 0.2) is 0 Å². The Kier molecular flexibility index (Phi) is 10.3. The zero-order valence-electron chi connectivity index (χ0n) is 20.5. The molecule has 0 spiro atoms. The third kappa shape index (κ3) is 8.26. The minimum absolute atomic E-state index is 0.164. The Hall–Kier alpha value is -4.56. The van der Waals surface area contributed by atoms with Crippen LogP contribution in [0.1, 0.15) is 27.2 Å². The number of anilines is 1. The SMILES string of the molecule is CNC(=O)c1ccccc1Sc1ccc(C(=N)/C=C/c2ccccn2)c(NC=O)c1.Cc1cccnc1. The highest BCUT2D eigenvalue weighted by Gasteiger charge is 2.12. The van der Waals surface area contributed by atoms with Crippen LogP contribution in [0.5, 0.6) is 0 Å². The molecule has 186 valence electrons. The number of rotatable bonds is 8. The summed E-state index contributed by atoms with van der Waals surface area (Å²) in [6, 6.07) is 22.2. The van der Waals surface area contributed by atoms with Crippen LogP contribution in [0.4, 0.5) is 5.69 Å². The third-order valence-electron chi connectivity index (χ3n) is 5.00. The van der Waals surface area contributed by atoms with E-state index in [1.165, 1.54) is 17.3 Å². The number of benzene rings is 2. The largest absolute Gasteiger partial charge is 0.355 e. The maximum Gasteiger partial charge on any atom is 0.252 e. The van der Waals surface area contributed by atoms with Crippen molar-refractivity contribution >= 4 is 41.6 Å². The molecule has 3 N–H and O–H groups in total. The average molecular weight is 510 g/mol. The molecule has 0 aliphatic carbocycles. The van der Waals surface area contributed by atoms with Gasteiger partial charge in [0.1, 0.15) is 0 Å². The summed E-state index contributed by atoms with van der Waals surface area (Å²) in [6.45, 7) is 2.02. The Morgan fingerprint density at radius 3 is 2.43 bits per heavy atom. The summed E-state index contributed by atoms with van der Waals surface area (Å²) in [5, 5.41) is 13.7. The topological polar surface area (TPSA) is 108 Å². The second kappa shape index (κ2) is 14.1. The van der Waals surface area contributed by atoms with Crippen molar-refractivity contribution in [1.82, 2.24) is 15.3 Å². The average Bonchev–Trinajstić information content (AvgIpc) is 2.93. The summed E-state index contributed by atoms with van der Waals surface area (Å²) in [5.41, 5.74) is 3.87. The molecule has 4 aromatic rings. The molecule has 0 saturated carbocycles. The number of aromatic nitrogens is 2. The first-order valence-electron chi connectivity index (χ1n) is 11.4. The minimum Gasteiger partial charge on any atom is -0.355 e. The van der Waals surface area contributed by atoms with Crippen molar-refractivity contribution in [1.29, 1.82) is 5.41 Å². The Morgan fingerprint density at radius 2 is 1.78 bits per heavy atom. The van der Waals surface area contributed by atoms with Gasteiger partial charge in [-0.25, -0.2) is 0 Å². The number of nitrogens with zero attached hydrogens (tertiary/aromatic N) is 2. The summed E-state index contributed by atoms with van der Waals surface area (Å²) < 4.78 is 0. The van der Waals surface area contributed by atoms with Crippen LogP contribution in [-0.2, 0) is 4.79 Å². The van der Waals surface area contributed by atoms with Crippen molar-refractivity contribution in [2.45, 2.75) is 16.7 Å². The minimum atomic E-state index is -0.164. The second-order valence-electron chi connectivity index (χ2n) is 7.68. The van der Waals surface area contributed by atoms with E-state index < -0.39 is 0 Å². The smallest absolute Gasteiger partial charge is 0.252 e. The normalized spacial score (nSPS) is 10.2. The van der Waals surface area contributed by atoms with E-state index >= 15 is 0 Å². The predicted octanol–water partition coefficient (Wildman–Crippen LogP) is 5.63.